The van der Waals surface area contributed by atoms with Crippen LogP contribution in [0.1, 0.15) is 20.3 Å². The minimum absolute atomic E-state index is 0.408. The molecule has 4 rings (SSSR count). The molecule has 0 saturated heterocycles. The maximum Gasteiger partial charge on any atom is 0.196 e. The molecular formula is C22H24N4O2S. The summed E-state index contributed by atoms with van der Waals surface area (Å²) in [5, 5.41) is 11.5. The van der Waals surface area contributed by atoms with Crippen LogP contribution in [0.4, 0.5) is 0 Å². The van der Waals surface area contributed by atoms with Gasteiger partial charge in [-0.3, -0.25) is 4.57 Å². The third-order valence-corrected chi connectivity index (χ3v) is 6.18. The van der Waals surface area contributed by atoms with Gasteiger partial charge in [0, 0.05) is 34.0 Å². The smallest absolute Gasteiger partial charge is 0.196 e. The van der Waals surface area contributed by atoms with E-state index in [0.29, 0.717) is 5.25 Å². The van der Waals surface area contributed by atoms with Gasteiger partial charge in [0.25, 0.3) is 0 Å². The van der Waals surface area contributed by atoms with Crippen molar-refractivity contribution >= 4 is 22.7 Å². The summed E-state index contributed by atoms with van der Waals surface area (Å²) >= 11 is 1.70. The Labute approximate surface area is 174 Å². The van der Waals surface area contributed by atoms with Gasteiger partial charge in [0.2, 0.25) is 0 Å². The molecule has 0 spiro atoms. The lowest BCUT2D eigenvalue weighted by Gasteiger charge is -2.16. The average Bonchev–Trinajstić information content (AvgIpc) is 3.36. The number of nitrogens with one attached hydrogen (secondary N) is 1. The van der Waals surface area contributed by atoms with Crippen LogP contribution in [-0.4, -0.2) is 39.2 Å². The summed E-state index contributed by atoms with van der Waals surface area (Å²) in [4.78, 5) is 3.33. The zero-order valence-electron chi connectivity index (χ0n) is 17.0. The molecule has 1 N–H and O–H groups in total. The van der Waals surface area contributed by atoms with Crippen molar-refractivity contribution in [3.05, 3.63) is 48.7 Å². The van der Waals surface area contributed by atoms with Gasteiger partial charge < -0.3 is 14.5 Å². The maximum absolute atomic E-state index is 5.67. The van der Waals surface area contributed by atoms with Gasteiger partial charge in [0.05, 0.1) is 19.9 Å². The lowest BCUT2D eigenvalue weighted by atomic mass is 10.1. The van der Waals surface area contributed by atoms with E-state index in [0.717, 1.165) is 51.1 Å². The molecule has 0 aliphatic carbocycles. The van der Waals surface area contributed by atoms with Gasteiger partial charge in [-0.1, -0.05) is 43.8 Å². The number of thioether (sulfide) groups is 1. The minimum Gasteiger partial charge on any atom is -0.497 e. The van der Waals surface area contributed by atoms with E-state index in [2.05, 4.69) is 45.7 Å². The highest BCUT2D eigenvalue weighted by Gasteiger charge is 2.22. The summed E-state index contributed by atoms with van der Waals surface area (Å²) in [6, 6.07) is 13.9. The molecule has 150 valence electrons. The zero-order chi connectivity index (χ0) is 20.4. The number of hydrogen-bond acceptors (Lipinski definition) is 5. The van der Waals surface area contributed by atoms with E-state index < -0.39 is 0 Å². The second-order valence-corrected chi connectivity index (χ2v) is 8.17. The molecule has 0 unspecified atom stereocenters. The van der Waals surface area contributed by atoms with Crippen LogP contribution in [0.5, 0.6) is 11.5 Å². The van der Waals surface area contributed by atoms with E-state index in [1.54, 1.807) is 26.0 Å². The van der Waals surface area contributed by atoms with Gasteiger partial charge >= 0.3 is 0 Å². The second kappa shape index (κ2) is 8.21. The Morgan fingerprint density at radius 1 is 1.10 bits per heavy atom. The first-order valence-corrected chi connectivity index (χ1v) is 10.4. The molecule has 0 aliphatic rings. The van der Waals surface area contributed by atoms with Crippen molar-refractivity contribution < 1.29 is 9.47 Å². The van der Waals surface area contributed by atoms with E-state index >= 15 is 0 Å². The molecule has 0 saturated carbocycles. The fourth-order valence-electron chi connectivity index (χ4n) is 3.23. The zero-order valence-corrected chi connectivity index (χ0v) is 17.8. The van der Waals surface area contributed by atoms with Crippen LogP contribution in [0.15, 0.2) is 53.8 Å². The molecule has 0 aliphatic heterocycles. The minimum atomic E-state index is 0.408. The third kappa shape index (κ3) is 3.58. The molecular weight excluding hydrogens is 384 g/mol. The van der Waals surface area contributed by atoms with Crippen molar-refractivity contribution in [2.24, 2.45) is 0 Å². The van der Waals surface area contributed by atoms with Crippen LogP contribution in [0.25, 0.3) is 28.0 Å². The summed E-state index contributed by atoms with van der Waals surface area (Å²) in [5.41, 5.74) is 2.91. The number of nitrogens with zero attached hydrogens (tertiary/aromatic N) is 3. The molecule has 0 fully saturated rings. The SMILES string of the molecule is CC[C@H](C)Sc1nnc(-c2c[nH]c3ccccc23)n1-c1cc(OC)ccc1OC. The first-order valence-electron chi connectivity index (χ1n) is 9.57. The topological polar surface area (TPSA) is 65.0 Å². The summed E-state index contributed by atoms with van der Waals surface area (Å²) in [6.07, 6.45) is 3.02. The number of aromatic amines is 1. The molecule has 0 bridgehead atoms. The van der Waals surface area contributed by atoms with E-state index in [1.807, 2.05) is 36.5 Å². The van der Waals surface area contributed by atoms with Crippen molar-refractivity contribution in [2.45, 2.75) is 30.7 Å². The predicted octanol–water partition coefficient (Wildman–Crippen LogP) is 5.32. The maximum atomic E-state index is 5.67. The number of ether oxygens (including phenoxy) is 2. The third-order valence-electron chi connectivity index (χ3n) is 4.97. The lowest BCUT2D eigenvalue weighted by molar-refractivity contribution is 0.401. The number of methoxy groups -OCH3 is 2. The second-order valence-electron chi connectivity index (χ2n) is 6.76. The fourth-order valence-corrected chi connectivity index (χ4v) is 4.13. The molecule has 0 amide bonds. The van der Waals surface area contributed by atoms with Crippen molar-refractivity contribution in [3.63, 3.8) is 0 Å². The average molecular weight is 409 g/mol. The van der Waals surface area contributed by atoms with Crippen molar-refractivity contribution in [2.75, 3.05) is 14.2 Å². The standard InChI is InChI=1S/C22H24N4O2S/c1-5-14(2)29-22-25-24-21(17-13-23-18-9-7-6-8-16(17)18)26(22)19-12-15(27-3)10-11-20(19)28-4/h6-14,23H,5H2,1-4H3/t14-/m0/s1. The Kier molecular flexibility index (Phi) is 5.49. The number of aromatic nitrogens is 4. The Morgan fingerprint density at radius 2 is 1.93 bits per heavy atom. The van der Waals surface area contributed by atoms with Gasteiger partial charge in [-0.05, 0) is 24.6 Å². The Balaban J connectivity index is 1.97. The monoisotopic (exact) mass is 408 g/mol. The number of fused-ring (bicyclic) bond motifs is 1. The van der Waals surface area contributed by atoms with Crippen molar-refractivity contribution in [1.29, 1.82) is 0 Å². The van der Waals surface area contributed by atoms with E-state index in [-0.39, 0.29) is 0 Å². The predicted molar refractivity (Wildman–Crippen MR) is 117 cm³/mol. The van der Waals surface area contributed by atoms with Crippen LogP contribution < -0.4 is 9.47 Å². The molecule has 2 heterocycles. The highest BCUT2D eigenvalue weighted by Crippen LogP contribution is 2.38. The molecule has 2 aromatic heterocycles. The van der Waals surface area contributed by atoms with Crippen LogP contribution >= 0.6 is 11.8 Å². The van der Waals surface area contributed by atoms with Gasteiger partial charge in [-0.2, -0.15) is 0 Å². The summed E-state index contributed by atoms with van der Waals surface area (Å²) in [5.74, 6) is 2.25. The molecule has 7 heteroatoms. The normalized spacial score (nSPS) is 12.3. The Bertz CT molecular complexity index is 1140. The number of para-hydroxylation sites is 1. The lowest BCUT2D eigenvalue weighted by Crippen LogP contribution is -2.04. The van der Waals surface area contributed by atoms with E-state index in [1.165, 1.54) is 0 Å². The number of H-pyrrole nitrogens is 1. The van der Waals surface area contributed by atoms with Crippen LogP contribution in [0.2, 0.25) is 0 Å². The Hall–Kier alpha value is -2.93. The fraction of sp³-hybridized carbons (Fsp3) is 0.273. The molecule has 0 radical (unpaired) electrons. The highest BCUT2D eigenvalue weighted by atomic mass is 32.2. The van der Waals surface area contributed by atoms with Crippen LogP contribution in [0, 0.1) is 0 Å². The molecule has 1 atom stereocenters. The van der Waals surface area contributed by atoms with Crippen molar-refractivity contribution in [1.82, 2.24) is 19.7 Å². The number of rotatable bonds is 7. The first-order chi connectivity index (χ1) is 14.2. The Morgan fingerprint density at radius 3 is 2.69 bits per heavy atom. The van der Waals surface area contributed by atoms with Crippen molar-refractivity contribution in [3.8, 4) is 28.6 Å². The summed E-state index contributed by atoms with van der Waals surface area (Å²) in [7, 11) is 3.33. The molecule has 2 aromatic carbocycles. The quantitative estimate of drug-likeness (QED) is 0.419. The van der Waals surface area contributed by atoms with E-state index in [9.17, 15) is 0 Å². The summed E-state index contributed by atoms with van der Waals surface area (Å²) < 4.78 is 13.2. The van der Waals surface area contributed by atoms with Gasteiger partial charge in [-0.25, -0.2) is 0 Å². The number of hydrogen-bond donors (Lipinski definition) is 1. The van der Waals surface area contributed by atoms with E-state index in [4.69, 9.17) is 9.47 Å². The molecule has 4 aromatic rings. The largest absolute Gasteiger partial charge is 0.497 e. The van der Waals surface area contributed by atoms with Gasteiger partial charge in [-0.15, -0.1) is 10.2 Å². The van der Waals surface area contributed by atoms with Crippen LogP contribution in [0.3, 0.4) is 0 Å². The molecule has 29 heavy (non-hydrogen) atoms. The number of benzene rings is 2. The molecule has 6 nitrogen and oxygen atoms in total. The van der Waals surface area contributed by atoms with Crippen LogP contribution in [-0.2, 0) is 0 Å². The van der Waals surface area contributed by atoms with Gasteiger partial charge in [0.15, 0.2) is 11.0 Å². The summed E-state index contributed by atoms with van der Waals surface area (Å²) in [6.45, 7) is 4.36. The highest BCUT2D eigenvalue weighted by molar-refractivity contribution is 7.99. The van der Waals surface area contributed by atoms with Gasteiger partial charge in [0.1, 0.15) is 11.5 Å². The first kappa shape index (κ1) is 19.4.